The Morgan fingerprint density at radius 3 is 2.58 bits per heavy atom. The van der Waals surface area contributed by atoms with Crippen LogP contribution in [0.4, 0.5) is 0 Å². The van der Waals surface area contributed by atoms with Crippen molar-refractivity contribution in [1.29, 1.82) is 0 Å². The first-order valence-electron chi connectivity index (χ1n) is 14.2. The molecule has 5 rings (SSSR count). The number of fused-ring (bicyclic) bond motifs is 5. The molecule has 1 aromatic heterocycles. The van der Waals surface area contributed by atoms with Gasteiger partial charge in [0, 0.05) is 12.8 Å². The van der Waals surface area contributed by atoms with Crippen LogP contribution in [0, 0.1) is 40.4 Å². The third kappa shape index (κ3) is 4.26. The fraction of sp³-hybridized carbons (Fsp3) is 0.828. The van der Waals surface area contributed by atoms with E-state index in [0.29, 0.717) is 36.4 Å². The zero-order valence-electron chi connectivity index (χ0n) is 22.6. The zero-order valence-corrected chi connectivity index (χ0v) is 23.4. The summed E-state index contributed by atoms with van der Waals surface area (Å²) in [5.74, 6) is 3.24. The van der Waals surface area contributed by atoms with E-state index in [1.54, 1.807) is 0 Å². The molecule has 4 aliphatic rings. The topological polar surface area (TPSA) is 103 Å². The number of primary sulfonamides is 1. The standard InChI is InChI=1S/C29H46N2O4S/c1-5-35-18-29(32)15-14-27(3)20(17-29)8-9-22-24-11-10-23(28(24,4)13-12-25(22)27)19(2)21-7-6-16-31-26(21)36(30,33)34/h6-7,16,19-20,22-25,32H,5,8-15,17-18H2,1-4H3,(H2,30,33,34)/t19-,20+,22-,23-,24-,25-,27-,28+,29+/m0/s1. The molecule has 0 spiro atoms. The third-order valence-electron chi connectivity index (χ3n) is 11.6. The Bertz CT molecular complexity index is 1080. The summed E-state index contributed by atoms with van der Waals surface area (Å²) in [5.41, 5.74) is 0.635. The molecule has 7 heteroatoms. The molecule has 0 aromatic carbocycles. The van der Waals surface area contributed by atoms with Crippen LogP contribution in [0.15, 0.2) is 23.4 Å². The van der Waals surface area contributed by atoms with Gasteiger partial charge in [-0.3, -0.25) is 0 Å². The second-order valence-corrected chi connectivity index (χ2v) is 14.7. The average Bonchev–Trinajstić information content (AvgIpc) is 3.19. The lowest BCUT2D eigenvalue weighted by molar-refractivity contribution is -0.165. The van der Waals surface area contributed by atoms with Crippen molar-refractivity contribution in [1.82, 2.24) is 4.98 Å². The van der Waals surface area contributed by atoms with E-state index in [1.165, 1.54) is 38.3 Å². The number of aliphatic hydroxyl groups is 1. The van der Waals surface area contributed by atoms with Crippen LogP contribution in [0.2, 0.25) is 0 Å². The van der Waals surface area contributed by atoms with E-state index < -0.39 is 15.6 Å². The first-order valence-corrected chi connectivity index (χ1v) is 15.8. The third-order valence-corrected chi connectivity index (χ3v) is 12.5. The Morgan fingerprint density at radius 1 is 1.11 bits per heavy atom. The summed E-state index contributed by atoms with van der Waals surface area (Å²) in [5, 5.41) is 16.8. The Morgan fingerprint density at radius 2 is 1.86 bits per heavy atom. The van der Waals surface area contributed by atoms with E-state index in [2.05, 4.69) is 25.8 Å². The number of nitrogens with two attached hydrogens (primary N) is 1. The minimum atomic E-state index is -3.85. The van der Waals surface area contributed by atoms with Crippen molar-refractivity contribution in [2.24, 2.45) is 45.6 Å². The van der Waals surface area contributed by atoms with Crippen LogP contribution in [0.3, 0.4) is 0 Å². The summed E-state index contributed by atoms with van der Waals surface area (Å²) in [6.07, 6.45) is 11.6. The van der Waals surface area contributed by atoms with Crippen molar-refractivity contribution in [2.75, 3.05) is 13.2 Å². The fourth-order valence-corrected chi connectivity index (χ4v) is 10.6. The van der Waals surface area contributed by atoms with Gasteiger partial charge in [0.05, 0.1) is 12.2 Å². The van der Waals surface area contributed by atoms with Crippen LogP contribution in [0.5, 0.6) is 0 Å². The first-order chi connectivity index (χ1) is 16.9. The van der Waals surface area contributed by atoms with Gasteiger partial charge in [-0.05, 0) is 123 Å². The van der Waals surface area contributed by atoms with Crippen molar-refractivity contribution >= 4 is 10.0 Å². The lowest BCUT2D eigenvalue weighted by Crippen LogP contribution is -2.56. The van der Waals surface area contributed by atoms with Gasteiger partial charge in [-0.15, -0.1) is 0 Å². The molecule has 3 N–H and O–H groups in total. The molecule has 0 amide bonds. The molecule has 1 aromatic rings. The molecule has 4 fully saturated rings. The van der Waals surface area contributed by atoms with Crippen molar-refractivity contribution < 1.29 is 18.3 Å². The summed E-state index contributed by atoms with van der Waals surface area (Å²) < 4.78 is 30.2. The van der Waals surface area contributed by atoms with Gasteiger partial charge < -0.3 is 9.84 Å². The summed E-state index contributed by atoms with van der Waals surface area (Å²) in [4.78, 5) is 4.18. The van der Waals surface area contributed by atoms with E-state index in [1.807, 2.05) is 19.1 Å². The highest BCUT2D eigenvalue weighted by Crippen LogP contribution is 2.69. The molecule has 4 aliphatic carbocycles. The smallest absolute Gasteiger partial charge is 0.255 e. The van der Waals surface area contributed by atoms with Gasteiger partial charge >= 0.3 is 0 Å². The fourth-order valence-electron chi connectivity index (χ4n) is 9.81. The van der Waals surface area contributed by atoms with Gasteiger partial charge in [0.25, 0.3) is 10.0 Å². The van der Waals surface area contributed by atoms with E-state index in [9.17, 15) is 13.5 Å². The molecule has 6 nitrogen and oxygen atoms in total. The first kappa shape index (κ1) is 26.6. The van der Waals surface area contributed by atoms with Gasteiger partial charge in [0.1, 0.15) is 0 Å². The summed E-state index contributed by atoms with van der Waals surface area (Å²) in [6.45, 7) is 10.3. The molecular formula is C29H46N2O4S. The van der Waals surface area contributed by atoms with Crippen molar-refractivity contribution in [3.8, 4) is 0 Å². The van der Waals surface area contributed by atoms with Gasteiger partial charge in [-0.25, -0.2) is 18.5 Å². The zero-order chi connectivity index (χ0) is 25.9. The van der Waals surface area contributed by atoms with Gasteiger partial charge in [-0.1, -0.05) is 26.8 Å². The van der Waals surface area contributed by atoms with Crippen LogP contribution in [-0.4, -0.2) is 37.3 Å². The molecule has 0 unspecified atom stereocenters. The molecule has 0 saturated heterocycles. The maximum Gasteiger partial charge on any atom is 0.255 e. The van der Waals surface area contributed by atoms with Crippen LogP contribution in [0.1, 0.15) is 97.0 Å². The molecule has 36 heavy (non-hydrogen) atoms. The predicted octanol–water partition coefficient (Wildman–Crippen LogP) is 5.26. The van der Waals surface area contributed by atoms with Gasteiger partial charge in [0.15, 0.2) is 5.03 Å². The van der Waals surface area contributed by atoms with Crippen LogP contribution in [0.25, 0.3) is 0 Å². The lowest BCUT2D eigenvalue weighted by Gasteiger charge is -2.62. The normalized spacial score (nSPS) is 43.3. The highest BCUT2D eigenvalue weighted by atomic mass is 32.2. The summed E-state index contributed by atoms with van der Waals surface area (Å²) in [6, 6.07) is 3.75. The van der Waals surface area contributed by atoms with E-state index in [4.69, 9.17) is 9.88 Å². The summed E-state index contributed by atoms with van der Waals surface area (Å²) >= 11 is 0. The molecular weight excluding hydrogens is 472 g/mol. The lowest BCUT2D eigenvalue weighted by atomic mass is 9.43. The highest BCUT2D eigenvalue weighted by molar-refractivity contribution is 7.89. The van der Waals surface area contributed by atoms with Crippen LogP contribution >= 0.6 is 0 Å². The number of pyridine rings is 1. The van der Waals surface area contributed by atoms with Crippen molar-refractivity contribution in [3.63, 3.8) is 0 Å². The van der Waals surface area contributed by atoms with E-state index in [-0.39, 0.29) is 16.4 Å². The minimum absolute atomic E-state index is 0.0491. The Labute approximate surface area is 217 Å². The second kappa shape index (κ2) is 9.32. The maximum atomic E-state index is 12.3. The number of nitrogens with zero attached hydrogens (tertiary/aromatic N) is 1. The number of sulfonamides is 1. The highest BCUT2D eigenvalue weighted by Gasteiger charge is 2.61. The van der Waals surface area contributed by atoms with Crippen molar-refractivity contribution in [3.05, 3.63) is 23.9 Å². The quantitative estimate of drug-likeness (QED) is 0.535. The van der Waals surface area contributed by atoms with E-state index >= 15 is 0 Å². The van der Waals surface area contributed by atoms with Crippen LogP contribution in [-0.2, 0) is 14.8 Å². The second-order valence-electron chi connectivity index (χ2n) is 13.2. The molecule has 4 saturated carbocycles. The SMILES string of the molecule is CCOC[C@@]1(O)CC[C@@]2(C)[C@H](CC[C@H]3[C@@H]4CC[C@@H]([C@@H](C)c5cccnc5S(N)(=O)=O)[C@@]4(C)CC[C@@H]32)C1. The van der Waals surface area contributed by atoms with E-state index in [0.717, 1.165) is 43.1 Å². The Kier molecular flexibility index (Phi) is 6.88. The number of aromatic nitrogens is 1. The monoisotopic (exact) mass is 518 g/mol. The van der Waals surface area contributed by atoms with Crippen LogP contribution < -0.4 is 5.14 Å². The number of hydrogen-bond donors (Lipinski definition) is 2. The Hall–Kier alpha value is -1.02. The Balaban J connectivity index is 1.37. The van der Waals surface area contributed by atoms with Crippen molar-refractivity contribution in [2.45, 2.75) is 102 Å². The summed E-state index contributed by atoms with van der Waals surface area (Å²) in [7, 11) is -3.85. The number of ether oxygens (including phenoxy) is 1. The molecule has 202 valence electrons. The van der Waals surface area contributed by atoms with Gasteiger partial charge in [0.2, 0.25) is 0 Å². The number of rotatable bonds is 6. The molecule has 0 bridgehead atoms. The molecule has 0 radical (unpaired) electrons. The molecule has 0 aliphatic heterocycles. The maximum absolute atomic E-state index is 12.3. The largest absolute Gasteiger partial charge is 0.387 e. The number of hydrogen-bond acceptors (Lipinski definition) is 5. The minimum Gasteiger partial charge on any atom is -0.387 e. The average molecular weight is 519 g/mol. The predicted molar refractivity (Wildman–Crippen MR) is 141 cm³/mol. The molecule has 9 atom stereocenters. The molecule has 1 heterocycles. The van der Waals surface area contributed by atoms with Gasteiger partial charge in [-0.2, -0.15) is 0 Å².